The van der Waals surface area contributed by atoms with Crippen molar-refractivity contribution in [2.24, 2.45) is 4.99 Å². The monoisotopic (exact) mass is 524 g/mol. The highest BCUT2D eigenvalue weighted by atomic mass is 79.9. The van der Waals surface area contributed by atoms with Crippen molar-refractivity contribution in [1.82, 2.24) is 0 Å². The van der Waals surface area contributed by atoms with E-state index >= 15 is 0 Å². The molecule has 0 atom stereocenters. The lowest BCUT2D eigenvalue weighted by molar-refractivity contribution is -0.141. The number of halogens is 1. The van der Waals surface area contributed by atoms with E-state index in [1.165, 1.54) is 0 Å². The fraction of sp³-hybridized carbons (Fsp3) is 0.133. The Kier molecular flexibility index (Phi) is 6.51. The molecule has 0 spiro atoms. The number of fused-ring (bicyclic) bond motifs is 1. The molecule has 5 rings (SSSR count). The second kappa shape index (κ2) is 9.88. The summed E-state index contributed by atoms with van der Waals surface area (Å²) in [5.41, 5.74) is 4.14. The van der Waals surface area contributed by atoms with Crippen LogP contribution in [0.2, 0.25) is 0 Å². The maximum Gasteiger partial charge on any atom is 0.326 e. The van der Waals surface area contributed by atoms with Crippen LogP contribution >= 0.6 is 15.9 Å². The highest BCUT2D eigenvalue weighted by molar-refractivity contribution is 9.10. The molecule has 0 unspecified atom stereocenters. The number of amidine groups is 1. The molecule has 4 aromatic carbocycles. The standard InChI is InChI=1S/C30H25BrN2O2/c1-2-35-28(34)21-33-27-19-18-25(31)20-26(27)30(23-14-8-4-9-15-23,24-16-10-5-11-17-24)32-29(33)22-12-6-3-7-13-22/h3-20H,2,21H2,1H3. The Labute approximate surface area is 214 Å². The van der Waals surface area contributed by atoms with Crippen molar-refractivity contribution >= 4 is 33.4 Å². The first-order chi connectivity index (χ1) is 17.1. The molecule has 0 amide bonds. The topological polar surface area (TPSA) is 41.9 Å². The Hall–Kier alpha value is -3.70. The summed E-state index contributed by atoms with van der Waals surface area (Å²) in [4.78, 5) is 20.2. The summed E-state index contributed by atoms with van der Waals surface area (Å²) < 4.78 is 6.29. The number of rotatable bonds is 6. The molecule has 0 bridgehead atoms. The van der Waals surface area contributed by atoms with Crippen LogP contribution in [0.3, 0.4) is 0 Å². The van der Waals surface area contributed by atoms with Gasteiger partial charge in [0, 0.05) is 21.3 Å². The lowest BCUT2D eigenvalue weighted by atomic mass is 9.75. The number of ether oxygens (including phenoxy) is 1. The summed E-state index contributed by atoms with van der Waals surface area (Å²) in [6, 6.07) is 36.9. The number of hydrogen-bond acceptors (Lipinski definition) is 4. The van der Waals surface area contributed by atoms with Crippen LogP contribution in [0.25, 0.3) is 0 Å². The molecule has 0 saturated carbocycles. The highest BCUT2D eigenvalue weighted by Crippen LogP contribution is 2.49. The first-order valence-corrected chi connectivity index (χ1v) is 12.4. The van der Waals surface area contributed by atoms with Gasteiger partial charge < -0.3 is 9.64 Å². The molecular weight excluding hydrogens is 500 g/mol. The van der Waals surface area contributed by atoms with Crippen LogP contribution in [0.1, 0.15) is 29.2 Å². The van der Waals surface area contributed by atoms with Gasteiger partial charge in [0.2, 0.25) is 0 Å². The van der Waals surface area contributed by atoms with Crippen LogP contribution in [-0.2, 0) is 15.1 Å². The molecule has 0 aromatic heterocycles. The second-order valence-corrected chi connectivity index (χ2v) is 9.21. The van der Waals surface area contributed by atoms with Gasteiger partial charge in [0.25, 0.3) is 0 Å². The van der Waals surface area contributed by atoms with Crippen LogP contribution in [-0.4, -0.2) is 25.0 Å². The molecule has 4 nitrogen and oxygen atoms in total. The van der Waals surface area contributed by atoms with Gasteiger partial charge in [-0.1, -0.05) is 107 Å². The van der Waals surface area contributed by atoms with Crippen molar-refractivity contribution < 1.29 is 9.53 Å². The fourth-order valence-corrected chi connectivity index (χ4v) is 5.06. The predicted octanol–water partition coefficient (Wildman–Crippen LogP) is 6.57. The Balaban J connectivity index is 1.86. The largest absolute Gasteiger partial charge is 0.465 e. The summed E-state index contributed by atoms with van der Waals surface area (Å²) in [7, 11) is 0. The lowest BCUT2D eigenvalue weighted by Crippen LogP contribution is -2.45. The first kappa shape index (κ1) is 23.1. The van der Waals surface area contributed by atoms with Gasteiger partial charge in [0.15, 0.2) is 0 Å². The Bertz CT molecular complexity index is 1320. The normalized spacial score (nSPS) is 14.1. The maximum absolute atomic E-state index is 12.7. The van der Waals surface area contributed by atoms with Crippen molar-refractivity contribution in [3.8, 4) is 0 Å². The fourth-order valence-electron chi connectivity index (χ4n) is 4.70. The maximum atomic E-state index is 12.7. The van der Waals surface area contributed by atoms with E-state index in [1.54, 1.807) is 0 Å². The number of aliphatic imine (C=N–C) groups is 1. The SMILES string of the molecule is CCOC(=O)CN1C(c2ccccc2)=NC(c2ccccc2)(c2ccccc2)c2cc(Br)ccc21. The number of nitrogens with zero attached hydrogens (tertiary/aromatic N) is 2. The molecule has 0 fully saturated rings. The van der Waals surface area contributed by atoms with Crippen LogP contribution in [0.5, 0.6) is 0 Å². The average molecular weight is 525 g/mol. The molecule has 4 aromatic rings. The Morgan fingerprint density at radius 2 is 1.43 bits per heavy atom. The molecule has 1 aliphatic rings. The smallest absolute Gasteiger partial charge is 0.326 e. The van der Waals surface area contributed by atoms with Gasteiger partial charge in [-0.15, -0.1) is 0 Å². The van der Waals surface area contributed by atoms with Crippen molar-refractivity contribution in [2.45, 2.75) is 12.5 Å². The highest BCUT2D eigenvalue weighted by Gasteiger charge is 2.44. The van der Waals surface area contributed by atoms with Crippen LogP contribution in [0, 0.1) is 0 Å². The van der Waals surface area contributed by atoms with Crippen LogP contribution in [0.15, 0.2) is 119 Å². The quantitative estimate of drug-likeness (QED) is 0.268. The molecule has 35 heavy (non-hydrogen) atoms. The van der Waals surface area contributed by atoms with E-state index in [-0.39, 0.29) is 12.5 Å². The summed E-state index contributed by atoms with van der Waals surface area (Å²) in [5.74, 6) is 0.429. The molecule has 5 heteroatoms. The zero-order chi connectivity index (χ0) is 24.3. The average Bonchev–Trinajstić information content (AvgIpc) is 2.90. The van der Waals surface area contributed by atoms with Gasteiger partial charge >= 0.3 is 5.97 Å². The molecule has 0 aliphatic carbocycles. The summed E-state index contributed by atoms with van der Waals surface area (Å²) >= 11 is 3.68. The van der Waals surface area contributed by atoms with Gasteiger partial charge in [-0.3, -0.25) is 4.79 Å². The molecule has 0 radical (unpaired) electrons. The van der Waals surface area contributed by atoms with Crippen molar-refractivity contribution in [1.29, 1.82) is 0 Å². The molecule has 1 heterocycles. The van der Waals surface area contributed by atoms with Gasteiger partial charge in [0.05, 0.1) is 6.61 Å². The minimum Gasteiger partial charge on any atom is -0.465 e. The van der Waals surface area contributed by atoms with E-state index in [0.29, 0.717) is 6.61 Å². The minimum atomic E-state index is -0.808. The van der Waals surface area contributed by atoms with Crippen LogP contribution in [0.4, 0.5) is 5.69 Å². The van der Waals surface area contributed by atoms with Gasteiger partial charge in [-0.25, -0.2) is 4.99 Å². The van der Waals surface area contributed by atoms with Gasteiger partial charge in [0.1, 0.15) is 17.9 Å². The number of hydrogen-bond donors (Lipinski definition) is 0. The van der Waals surface area contributed by atoms with Crippen molar-refractivity contribution in [3.05, 3.63) is 136 Å². The number of esters is 1. The van der Waals surface area contributed by atoms with Crippen molar-refractivity contribution in [2.75, 3.05) is 18.1 Å². The van der Waals surface area contributed by atoms with E-state index in [0.717, 1.165) is 38.2 Å². The van der Waals surface area contributed by atoms with E-state index in [4.69, 9.17) is 9.73 Å². The van der Waals surface area contributed by atoms with E-state index in [9.17, 15) is 4.79 Å². The van der Waals surface area contributed by atoms with E-state index in [1.807, 2.05) is 84.6 Å². The second-order valence-electron chi connectivity index (χ2n) is 8.30. The number of benzene rings is 4. The van der Waals surface area contributed by atoms with Crippen molar-refractivity contribution in [3.63, 3.8) is 0 Å². The van der Waals surface area contributed by atoms with E-state index < -0.39 is 5.54 Å². The van der Waals surface area contributed by atoms with E-state index in [2.05, 4.69) is 52.3 Å². The third-order valence-corrected chi connectivity index (χ3v) is 6.67. The third-order valence-electron chi connectivity index (χ3n) is 6.18. The molecule has 1 aliphatic heterocycles. The van der Waals surface area contributed by atoms with Crippen LogP contribution < -0.4 is 4.90 Å². The zero-order valence-electron chi connectivity index (χ0n) is 19.4. The Morgan fingerprint density at radius 3 is 2.00 bits per heavy atom. The number of anilines is 1. The minimum absolute atomic E-state index is 0.0653. The van der Waals surface area contributed by atoms with Gasteiger partial charge in [-0.05, 0) is 36.2 Å². The summed E-state index contributed by atoms with van der Waals surface area (Å²) in [6.45, 7) is 2.21. The zero-order valence-corrected chi connectivity index (χ0v) is 21.0. The summed E-state index contributed by atoms with van der Waals surface area (Å²) in [6.07, 6.45) is 0. The first-order valence-electron chi connectivity index (χ1n) is 11.6. The molecule has 0 N–H and O–H groups in total. The Morgan fingerprint density at radius 1 is 0.857 bits per heavy atom. The molecule has 174 valence electrons. The molecule has 0 saturated heterocycles. The van der Waals surface area contributed by atoms with Gasteiger partial charge in [-0.2, -0.15) is 0 Å². The number of carbonyl (C=O) groups is 1. The predicted molar refractivity (Wildman–Crippen MR) is 144 cm³/mol. The summed E-state index contributed by atoms with van der Waals surface area (Å²) in [5, 5.41) is 0. The third kappa shape index (κ3) is 4.28. The molecular formula is C30H25BrN2O2. The lowest BCUT2D eigenvalue weighted by Gasteiger charge is -2.42. The number of carbonyl (C=O) groups excluding carboxylic acids is 1.